The van der Waals surface area contributed by atoms with Crippen molar-refractivity contribution in [1.82, 2.24) is 0 Å². The van der Waals surface area contributed by atoms with Gasteiger partial charge < -0.3 is 4.79 Å². The Morgan fingerprint density at radius 1 is 1.50 bits per heavy atom. The molecule has 0 saturated carbocycles. The van der Waals surface area contributed by atoms with Crippen LogP contribution in [0, 0.1) is 12.7 Å². The lowest BCUT2D eigenvalue weighted by atomic mass is 10.1. The molecule has 64 valence electrons. The van der Waals surface area contributed by atoms with Crippen LogP contribution in [0.2, 0.25) is 0 Å². The highest BCUT2D eigenvalue weighted by molar-refractivity contribution is 5.50. The second-order valence-electron chi connectivity index (χ2n) is 2.80. The van der Waals surface area contributed by atoms with E-state index >= 15 is 0 Å². The third-order valence-corrected chi connectivity index (χ3v) is 1.74. The second-order valence-corrected chi connectivity index (χ2v) is 2.80. The zero-order valence-electron chi connectivity index (χ0n) is 7.01. The molecule has 0 spiro atoms. The molecule has 0 fully saturated rings. The molecule has 0 amide bonds. The molecule has 0 heterocycles. The first-order chi connectivity index (χ1) is 5.74. The molecule has 0 aliphatic rings. The first kappa shape index (κ1) is 8.91. The van der Waals surface area contributed by atoms with E-state index in [2.05, 4.69) is 0 Å². The predicted octanol–water partition coefficient (Wildman–Crippen LogP) is 2.27. The summed E-state index contributed by atoms with van der Waals surface area (Å²) in [6, 6.07) is 5.07. The summed E-state index contributed by atoms with van der Waals surface area (Å²) in [7, 11) is 0. The van der Waals surface area contributed by atoms with Crippen LogP contribution in [0.5, 0.6) is 0 Å². The first-order valence-electron chi connectivity index (χ1n) is 3.92. The van der Waals surface area contributed by atoms with Gasteiger partial charge >= 0.3 is 0 Å². The molecule has 0 bridgehead atoms. The van der Waals surface area contributed by atoms with Gasteiger partial charge in [-0.1, -0.05) is 12.1 Å². The summed E-state index contributed by atoms with van der Waals surface area (Å²) in [6.07, 6.45) is 1.69. The number of halogens is 1. The van der Waals surface area contributed by atoms with E-state index in [0.29, 0.717) is 18.4 Å². The Bertz CT molecular complexity index is 281. The van der Waals surface area contributed by atoms with Gasteiger partial charge in [-0.25, -0.2) is 4.39 Å². The van der Waals surface area contributed by atoms with Crippen LogP contribution in [0.3, 0.4) is 0 Å². The molecule has 1 nitrogen and oxygen atoms in total. The largest absolute Gasteiger partial charge is 0.303 e. The fourth-order valence-corrected chi connectivity index (χ4v) is 1.07. The van der Waals surface area contributed by atoms with E-state index in [1.165, 1.54) is 6.07 Å². The van der Waals surface area contributed by atoms with Crippen molar-refractivity contribution in [3.63, 3.8) is 0 Å². The molecule has 0 atom stereocenters. The number of rotatable bonds is 3. The highest BCUT2D eigenvalue weighted by Crippen LogP contribution is 2.10. The average molecular weight is 166 g/mol. The summed E-state index contributed by atoms with van der Waals surface area (Å²) < 4.78 is 13.1. The van der Waals surface area contributed by atoms with Crippen molar-refractivity contribution in [2.75, 3.05) is 0 Å². The van der Waals surface area contributed by atoms with Gasteiger partial charge in [0.1, 0.15) is 12.1 Å². The fourth-order valence-electron chi connectivity index (χ4n) is 1.07. The molecule has 12 heavy (non-hydrogen) atoms. The maximum absolute atomic E-state index is 13.1. The Morgan fingerprint density at radius 3 is 2.83 bits per heavy atom. The number of hydrogen-bond acceptors (Lipinski definition) is 1. The molecule has 0 N–H and O–H groups in total. The van der Waals surface area contributed by atoms with E-state index in [9.17, 15) is 9.18 Å². The van der Waals surface area contributed by atoms with Gasteiger partial charge in [-0.2, -0.15) is 0 Å². The zero-order chi connectivity index (χ0) is 8.97. The van der Waals surface area contributed by atoms with Gasteiger partial charge in [0.25, 0.3) is 0 Å². The number of aldehydes is 1. The Morgan fingerprint density at radius 2 is 2.25 bits per heavy atom. The number of benzene rings is 1. The van der Waals surface area contributed by atoms with Gasteiger partial charge in [-0.15, -0.1) is 0 Å². The van der Waals surface area contributed by atoms with Crippen molar-refractivity contribution in [1.29, 1.82) is 0 Å². The second kappa shape index (κ2) is 4.00. The Balaban J connectivity index is 2.78. The summed E-state index contributed by atoms with van der Waals surface area (Å²) in [5.41, 5.74) is 1.52. The van der Waals surface area contributed by atoms with Crippen molar-refractivity contribution in [3.05, 3.63) is 35.1 Å². The molecule has 0 unspecified atom stereocenters. The van der Waals surface area contributed by atoms with Crippen LogP contribution in [-0.2, 0) is 11.2 Å². The molecule has 0 aliphatic carbocycles. The molecule has 0 aromatic heterocycles. The highest BCUT2D eigenvalue weighted by atomic mass is 19.1. The van der Waals surface area contributed by atoms with Crippen molar-refractivity contribution < 1.29 is 9.18 Å². The quantitative estimate of drug-likeness (QED) is 0.629. The Hall–Kier alpha value is -1.18. The van der Waals surface area contributed by atoms with E-state index < -0.39 is 0 Å². The Kier molecular flexibility index (Phi) is 2.97. The molecule has 0 aliphatic heterocycles. The van der Waals surface area contributed by atoms with Gasteiger partial charge in [0.05, 0.1) is 0 Å². The normalized spacial score (nSPS) is 9.83. The first-order valence-corrected chi connectivity index (χ1v) is 3.92. The van der Waals surface area contributed by atoms with E-state index in [0.717, 1.165) is 11.8 Å². The van der Waals surface area contributed by atoms with E-state index in [1.54, 1.807) is 6.07 Å². The maximum Gasteiger partial charge on any atom is 0.126 e. The minimum Gasteiger partial charge on any atom is -0.303 e. The summed E-state index contributed by atoms with van der Waals surface area (Å²) in [6.45, 7) is 1.84. The third kappa shape index (κ3) is 2.16. The standard InChI is InChI=1S/C10H11FO/c1-8-4-5-9(3-2-6-12)10(11)7-8/h4-7H,2-3H2,1H3. The molecule has 0 radical (unpaired) electrons. The number of hydrogen-bond donors (Lipinski definition) is 0. The van der Waals surface area contributed by atoms with E-state index in [4.69, 9.17) is 0 Å². The van der Waals surface area contributed by atoms with Crippen molar-refractivity contribution in [2.24, 2.45) is 0 Å². The van der Waals surface area contributed by atoms with Crippen molar-refractivity contribution in [3.8, 4) is 0 Å². The molecule has 0 saturated heterocycles. The SMILES string of the molecule is Cc1ccc(CCC=O)c(F)c1. The van der Waals surface area contributed by atoms with E-state index in [-0.39, 0.29) is 5.82 Å². The van der Waals surface area contributed by atoms with Crippen LogP contribution in [0.4, 0.5) is 4.39 Å². The van der Waals surface area contributed by atoms with Crippen LogP contribution in [0.1, 0.15) is 17.5 Å². The van der Waals surface area contributed by atoms with Gasteiger partial charge in [0.15, 0.2) is 0 Å². The molecule has 2 heteroatoms. The van der Waals surface area contributed by atoms with Crippen molar-refractivity contribution in [2.45, 2.75) is 19.8 Å². The molecular formula is C10H11FO. The zero-order valence-corrected chi connectivity index (χ0v) is 7.01. The third-order valence-electron chi connectivity index (χ3n) is 1.74. The smallest absolute Gasteiger partial charge is 0.126 e. The minimum atomic E-state index is -0.211. The van der Waals surface area contributed by atoms with Gasteiger partial charge in [0.2, 0.25) is 0 Å². The lowest BCUT2D eigenvalue weighted by Gasteiger charge is -2.00. The topological polar surface area (TPSA) is 17.1 Å². The fraction of sp³-hybridized carbons (Fsp3) is 0.300. The number of carbonyl (C=O) groups excluding carboxylic acids is 1. The monoisotopic (exact) mass is 166 g/mol. The van der Waals surface area contributed by atoms with Crippen LogP contribution in [-0.4, -0.2) is 6.29 Å². The highest BCUT2D eigenvalue weighted by Gasteiger charge is 2.00. The molecule has 1 aromatic carbocycles. The maximum atomic E-state index is 13.1. The summed E-state index contributed by atoms with van der Waals surface area (Å²) in [4.78, 5) is 10.0. The lowest BCUT2D eigenvalue weighted by Crippen LogP contribution is -1.91. The van der Waals surface area contributed by atoms with Gasteiger partial charge in [-0.05, 0) is 30.5 Å². The van der Waals surface area contributed by atoms with Crippen LogP contribution in [0.15, 0.2) is 18.2 Å². The van der Waals surface area contributed by atoms with Crippen LogP contribution < -0.4 is 0 Å². The average Bonchev–Trinajstić information content (AvgIpc) is 2.03. The minimum absolute atomic E-state index is 0.211. The molecule has 1 rings (SSSR count). The van der Waals surface area contributed by atoms with Crippen LogP contribution >= 0.6 is 0 Å². The van der Waals surface area contributed by atoms with Crippen molar-refractivity contribution >= 4 is 6.29 Å². The molecular weight excluding hydrogens is 155 g/mol. The Labute approximate surface area is 71.2 Å². The van der Waals surface area contributed by atoms with Crippen LogP contribution in [0.25, 0.3) is 0 Å². The van der Waals surface area contributed by atoms with E-state index in [1.807, 2.05) is 13.0 Å². The predicted molar refractivity (Wildman–Crippen MR) is 45.5 cm³/mol. The molecule has 1 aromatic rings. The van der Waals surface area contributed by atoms with Gasteiger partial charge in [0, 0.05) is 6.42 Å². The number of aryl methyl sites for hydroxylation is 2. The lowest BCUT2D eigenvalue weighted by molar-refractivity contribution is -0.107. The summed E-state index contributed by atoms with van der Waals surface area (Å²) >= 11 is 0. The summed E-state index contributed by atoms with van der Waals surface area (Å²) in [5.74, 6) is -0.211. The van der Waals surface area contributed by atoms with Gasteiger partial charge in [-0.3, -0.25) is 0 Å². The number of carbonyl (C=O) groups is 1. The summed E-state index contributed by atoms with van der Waals surface area (Å²) in [5, 5.41) is 0.